The molecule has 1 aliphatic carbocycles. The van der Waals surface area contributed by atoms with E-state index in [1.54, 1.807) is 36.4 Å². The number of benzene rings is 2. The average Bonchev–Trinajstić information content (AvgIpc) is 3.48. The second kappa shape index (κ2) is 10.2. The quantitative estimate of drug-likeness (QED) is 0.304. The minimum atomic E-state index is -0.956. The van der Waals surface area contributed by atoms with Crippen molar-refractivity contribution in [1.82, 2.24) is 25.2 Å². The topological polar surface area (TPSA) is 152 Å². The van der Waals surface area contributed by atoms with E-state index in [1.165, 1.54) is 13.0 Å². The Hall–Kier alpha value is -4.97. The number of rotatable bonds is 6. The van der Waals surface area contributed by atoms with Gasteiger partial charge in [0.1, 0.15) is 23.7 Å². The van der Waals surface area contributed by atoms with Crippen molar-refractivity contribution >= 4 is 29.0 Å². The summed E-state index contributed by atoms with van der Waals surface area (Å²) in [5.41, 5.74) is 2.64. The van der Waals surface area contributed by atoms with Crippen LogP contribution in [0.2, 0.25) is 0 Å². The predicted molar refractivity (Wildman–Crippen MR) is 141 cm³/mol. The van der Waals surface area contributed by atoms with Gasteiger partial charge in [0.25, 0.3) is 11.8 Å². The lowest BCUT2D eigenvalue weighted by Crippen LogP contribution is -2.35. The molecule has 4 aromatic rings. The maximum atomic E-state index is 14.5. The maximum Gasteiger partial charge on any atom is 0.270 e. The number of aliphatic hydroxyl groups is 1. The number of amides is 2. The van der Waals surface area contributed by atoms with Crippen LogP contribution in [-0.2, 0) is 24.2 Å². The number of nitrogens with one attached hydrogen (secondary N) is 2. The number of fused-ring (bicyclic) bond motifs is 3. The van der Waals surface area contributed by atoms with Gasteiger partial charge in [-0.15, -0.1) is 0 Å². The van der Waals surface area contributed by atoms with Gasteiger partial charge in [0.05, 0.1) is 18.3 Å². The lowest BCUT2D eigenvalue weighted by Gasteiger charge is -2.18. The Morgan fingerprint density at radius 2 is 1.95 bits per heavy atom. The molecule has 2 aromatic heterocycles. The van der Waals surface area contributed by atoms with Crippen molar-refractivity contribution in [3.05, 3.63) is 93.7 Å². The monoisotopic (exact) mass is 557 g/mol. The summed E-state index contributed by atoms with van der Waals surface area (Å²) in [5.74, 6) is -1.73. The highest BCUT2D eigenvalue weighted by molar-refractivity contribution is 5.98. The number of aliphatic hydroxyl groups excluding tert-OH is 1. The standard InChI is InChI=1S/C29H24FN5O6/c1-14(36)16-3-4-20-17(7-16)9-24(38)26(20)34-29(40)23-10-22(33-27-21(30)12-32-35(23)27)28(39)31-11-15-2-5-25-18(6-15)8-19(37)13-41-25/h2-7,10,12,24,26,38H,8-9,11,13H2,1H3,(H,31,39)(H,34,40)/t24-,26-/m1/s1. The minimum absolute atomic E-state index is 0.0330. The summed E-state index contributed by atoms with van der Waals surface area (Å²) in [6, 6.07) is 10.7. The molecule has 0 spiro atoms. The molecule has 0 saturated heterocycles. The molecular weight excluding hydrogens is 533 g/mol. The van der Waals surface area contributed by atoms with Gasteiger partial charge in [0.15, 0.2) is 23.0 Å². The Balaban J connectivity index is 1.24. The summed E-state index contributed by atoms with van der Waals surface area (Å²) in [6.07, 6.45) is 0.412. The molecule has 2 atom stereocenters. The van der Waals surface area contributed by atoms with E-state index in [4.69, 9.17) is 4.74 Å². The van der Waals surface area contributed by atoms with Crippen LogP contribution in [0.4, 0.5) is 4.39 Å². The third kappa shape index (κ3) is 4.93. The second-order valence-corrected chi connectivity index (χ2v) is 10.1. The summed E-state index contributed by atoms with van der Waals surface area (Å²) in [5, 5.41) is 20.0. The Morgan fingerprint density at radius 3 is 2.76 bits per heavy atom. The number of hydrogen-bond acceptors (Lipinski definition) is 8. The van der Waals surface area contributed by atoms with Crippen LogP contribution in [0.3, 0.4) is 0 Å². The maximum absolute atomic E-state index is 14.5. The van der Waals surface area contributed by atoms with Gasteiger partial charge in [-0.3, -0.25) is 19.2 Å². The zero-order valence-corrected chi connectivity index (χ0v) is 21.8. The van der Waals surface area contributed by atoms with Crippen LogP contribution in [0.1, 0.15) is 66.6 Å². The van der Waals surface area contributed by atoms with Gasteiger partial charge in [-0.1, -0.05) is 18.2 Å². The molecular formula is C29H24FN5O6. The van der Waals surface area contributed by atoms with Gasteiger partial charge < -0.3 is 20.5 Å². The van der Waals surface area contributed by atoms with E-state index in [0.717, 1.165) is 21.8 Å². The van der Waals surface area contributed by atoms with Crippen molar-refractivity contribution < 1.29 is 33.4 Å². The third-order valence-electron chi connectivity index (χ3n) is 7.23. The van der Waals surface area contributed by atoms with Crippen LogP contribution in [0.25, 0.3) is 5.65 Å². The molecule has 2 aliphatic rings. The number of nitrogens with zero attached hydrogens (tertiary/aromatic N) is 3. The highest BCUT2D eigenvalue weighted by atomic mass is 19.1. The zero-order chi connectivity index (χ0) is 28.8. The number of carbonyl (C=O) groups is 4. The molecule has 0 unspecified atom stereocenters. The Labute approximate surface area is 232 Å². The van der Waals surface area contributed by atoms with Crippen LogP contribution in [-0.4, -0.2) is 55.8 Å². The van der Waals surface area contributed by atoms with Gasteiger partial charge in [0.2, 0.25) is 0 Å². The molecule has 2 aromatic carbocycles. The fourth-order valence-electron chi connectivity index (χ4n) is 5.17. The van der Waals surface area contributed by atoms with E-state index in [9.17, 15) is 28.7 Å². The van der Waals surface area contributed by atoms with Crippen molar-refractivity contribution in [3.63, 3.8) is 0 Å². The number of halogens is 1. The molecule has 6 rings (SSSR count). The zero-order valence-electron chi connectivity index (χ0n) is 21.8. The number of carbonyl (C=O) groups excluding carboxylic acids is 4. The van der Waals surface area contributed by atoms with Crippen molar-refractivity contribution in [1.29, 1.82) is 0 Å². The van der Waals surface area contributed by atoms with Crippen LogP contribution in [0.15, 0.2) is 48.7 Å². The smallest absolute Gasteiger partial charge is 0.270 e. The molecule has 208 valence electrons. The first kappa shape index (κ1) is 26.3. The fraction of sp³-hybridized carbons (Fsp3) is 0.241. The summed E-state index contributed by atoms with van der Waals surface area (Å²) >= 11 is 0. The molecule has 0 bridgehead atoms. The van der Waals surface area contributed by atoms with Gasteiger partial charge in [-0.25, -0.2) is 13.9 Å². The predicted octanol–water partition coefficient (Wildman–Crippen LogP) is 1.89. The van der Waals surface area contributed by atoms with Crippen molar-refractivity contribution in [2.24, 2.45) is 0 Å². The number of ketones is 2. The van der Waals surface area contributed by atoms with E-state index >= 15 is 0 Å². The van der Waals surface area contributed by atoms with Gasteiger partial charge in [-0.2, -0.15) is 5.10 Å². The first-order chi connectivity index (χ1) is 19.7. The van der Waals surface area contributed by atoms with Crippen LogP contribution >= 0.6 is 0 Å². The molecule has 3 N–H and O–H groups in total. The Morgan fingerprint density at radius 1 is 1.12 bits per heavy atom. The largest absolute Gasteiger partial charge is 0.486 e. The summed E-state index contributed by atoms with van der Waals surface area (Å²) in [6.45, 7) is 1.57. The minimum Gasteiger partial charge on any atom is -0.486 e. The molecule has 0 saturated carbocycles. The van der Waals surface area contributed by atoms with Crippen LogP contribution in [0, 0.1) is 5.82 Å². The normalized spacial score (nSPS) is 17.5. The van der Waals surface area contributed by atoms with E-state index < -0.39 is 29.8 Å². The second-order valence-electron chi connectivity index (χ2n) is 10.1. The van der Waals surface area contributed by atoms with Gasteiger partial charge >= 0.3 is 0 Å². The number of ether oxygens (including phenoxy) is 1. The lowest BCUT2D eigenvalue weighted by molar-refractivity contribution is -0.121. The van der Waals surface area contributed by atoms with E-state index in [2.05, 4.69) is 20.7 Å². The SMILES string of the molecule is CC(=O)c1ccc2c(c1)C[C@@H](O)[C@@H]2NC(=O)c1cc(C(=O)NCc2ccc3c(c2)CC(=O)CO3)nc2c(F)cnn12. The number of hydrogen-bond donors (Lipinski definition) is 3. The Kier molecular flexibility index (Phi) is 6.54. The molecule has 3 heterocycles. The summed E-state index contributed by atoms with van der Waals surface area (Å²) in [7, 11) is 0. The lowest BCUT2D eigenvalue weighted by atomic mass is 10.0. The number of Topliss-reactive ketones (excluding diaryl/α,β-unsaturated/α-hetero) is 2. The Bertz CT molecular complexity index is 1770. The third-order valence-corrected chi connectivity index (χ3v) is 7.23. The van der Waals surface area contributed by atoms with E-state index in [1.807, 2.05) is 0 Å². The fourth-order valence-corrected chi connectivity index (χ4v) is 5.17. The highest BCUT2D eigenvalue weighted by Gasteiger charge is 2.34. The van der Waals surface area contributed by atoms with E-state index in [0.29, 0.717) is 22.4 Å². The van der Waals surface area contributed by atoms with Crippen molar-refractivity contribution in [2.45, 2.75) is 38.5 Å². The summed E-state index contributed by atoms with van der Waals surface area (Å²) in [4.78, 5) is 54.0. The molecule has 0 radical (unpaired) electrons. The molecule has 0 fully saturated rings. The van der Waals surface area contributed by atoms with Gasteiger partial charge in [-0.05, 0) is 41.8 Å². The van der Waals surface area contributed by atoms with Crippen molar-refractivity contribution in [3.8, 4) is 5.75 Å². The average molecular weight is 558 g/mol. The number of aromatic nitrogens is 3. The molecule has 41 heavy (non-hydrogen) atoms. The first-order valence-corrected chi connectivity index (χ1v) is 12.9. The highest BCUT2D eigenvalue weighted by Crippen LogP contribution is 2.33. The molecule has 11 nitrogen and oxygen atoms in total. The summed E-state index contributed by atoms with van der Waals surface area (Å²) < 4.78 is 20.9. The van der Waals surface area contributed by atoms with Crippen LogP contribution < -0.4 is 15.4 Å². The molecule has 2 amide bonds. The van der Waals surface area contributed by atoms with Crippen molar-refractivity contribution in [2.75, 3.05) is 6.61 Å². The molecule has 1 aliphatic heterocycles. The van der Waals surface area contributed by atoms with E-state index in [-0.39, 0.29) is 54.6 Å². The molecule has 12 heteroatoms. The first-order valence-electron chi connectivity index (χ1n) is 12.9. The van der Waals surface area contributed by atoms with Gasteiger partial charge in [0, 0.05) is 36.6 Å². The van der Waals surface area contributed by atoms with Crippen LogP contribution in [0.5, 0.6) is 5.75 Å².